The Morgan fingerprint density at radius 3 is 2.26 bits per heavy atom. The minimum atomic E-state index is -3.13. The summed E-state index contributed by atoms with van der Waals surface area (Å²) < 4.78 is 22.2. The van der Waals surface area contributed by atoms with Gasteiger partial charge >= 0.3 is 0 Å². The van der Waals surface area contributed by atoms with Gasteiger partial charge in [0, 0.05) is 42.3 Å². The second-order valence-electron chi connectivity index (χ2n) is 5.91. The van der Waals surface area contributed by atoms with Crippen LogP contribution in [0.3, 0.4) is 0 Å². The lowest BCUT2D eigenvalue weighted by molar-refractivity contribution is -0.132. The van der Waals surface area contributed by atoms with Crippen LogP contribution in [0.25, 0.3) is 0 Å². The van der Waals surface area contributed by atoms with Gasteiger partial charge in [-0.25, -0.2) is 8.42 Å². The van der Waals surface area contributed by atoms with Gasteiger partial charge in [-0.2, -0.15) is 0 Å². The van der Waals surface area contributed by atoms with Crippen LogP contribution < -0.4 is 0 Å². The Bertz CT molecular complexity index is 677. The van der Waals surface area contributed by atoms with Crippen LogP contribution in [0, 0.1) is 5.92 Å². The molecular formula is C16H20ClNO4S. The molecule has 0 saturated carbocycles. The summed E-state index contributed by atoms with van der Waals surface area (Å²) in [6, 6.07) is 6.82. The van der Waals surface area contributed by atoms with Crippen molar-refractivity contribution in [3.63, 3.8) is 0 Å². The maximum atomic E-state index is 12.4. The molecule has 0 spiro atoms. The van der Waals surface area contributed by atoms with Crippen LogP contribution in [0.1, 0.15) is 29.6 Å². The first-order chi connectivity index (χ1) is 10.8. The highest BCUT2D eigenvalue weighted by atomic mass is 35.5. The van der Waals surface area contributed by atoms with Crippen molar-refractivity contribution in [1.29, 1.82) is 0 Å². The average molecular weight is 358 g/mol. The van der Waals surface area contributed by atoms with Gasteiger partial charge in [0.05, 0.1) is 5.75 Å². The van der Waals surface area contributed by atoms with Gasteiger partial charge in [-0.3, -0.25) is 9.59 Å². The third-order valence-corrected chi connectivity index (χ3v) is 5.23. The number of carbonyl (C=O) groups is 2. The minimum absolute atomic E-state index is 0.00856. The number of ketones is 1. The van der Waals surface area contributed by atoms with Crippen LogP contribution in [-0.2, 0) is 14.6 Å². The third-order valence-electron chi connectivity index (χ3n) is 4.03. The molecule has 1 aliphatic rings. The lowest BCUT2D eigenvalue weighted by atomic mass is 9.89. The van der Waals surface area contributed by atoms with Gasteiger partial charge in [0.25, 0.3) is 0 Å². The number of carbonyl (C=O) groups excluding carboxylic acids is 2. The topological polar surface area (TPSA) is 71.5 Å². The Balaban J connectivity index is 1.87. The van der Waals surface area contributed by atoms with E-state index in [0.29, 0.717) is 36.5 Å². The van der Waals surface area contributed by atoms with Crippen molar-refractivity contribution in [2.24, 2.45) is 5.92 Å². The second kappa shape index (κ2) is 7.45. The van der Waals surface area contributed by atoms with E-state index in [9.17, 15) is 18.0 Å². The standard InChI is InChI=1S/C16H20ClNO4S/c1-23(21,22)11-8-15(19)18-9-6-13(7-10-18)16(20)12-2-4-14(17)5-3-12/h2-5,13H,6-11H2,1H3. The molecule has 0 bridgehead atoms. The molecule has 23 heavy (non-hydrogen) atoms. The van der Waals surface area contributed by atoms with Gasteiger partial charge in [-0.15, -0.1) is 0 Å². The van der Waals surface area contributed by atoms with E-state index in [1.807, 2.05) is 0 Å². The lowest BCUT2D eigenvalue weighted by Gasteiger charge is -2.31. The van der Waals surface area contributed by atoms with Gasteiger partial charge in [0.15, 0.2) is 5.78 Å². The van der Waals surface area contributed by atoms with Crippen molar-refractivity contribution in [1.82, 2.24) is 4.90 Å². The molecule has 1 aliphatic heterocycles. The number of hydrogen-bond donors (Lipinski definition) is 0. The summed E-state index contributed by atoms with van der Waals surface area (Å²) in [6.45, 7) is 0.985. The quantitative estimate of drug-likeness (QED) is 0.757. The van der Waals surface area contributed by atoms with Gasteiger partial charge in [-0.05, 0) is 37.1 Å². The van der Waals surface area contributed by atoms with Crippen LogP contribution in [-0.4, -0.2) is 50.1 Å². The number of sulfone groups is 1. The van der Waals surface area contributed by atoms with Crippen LogP contribution in [0.5, 0.6) is 0 Å². The van der Waals surface area contributed by atoms with E-state index in [1.54, 1.807) is 29.2 Å². The van der Waals surface area contributed by atoms with E-state index in [0.717, 1.165) is 6.26 Å². The van der Waals surface area contributed by atoms with Crippen LogP contribution in [0.2, 0.25) is 5.02 Å². The summed E-state index contributed by atoms with van der Waals surface area (Å²) in [5.74, 6) is -0.317. The summed E-state index contributed by atoms with van der Waals surface area (Å²) >= 11 is 5.82. The zero-order valence-electron chi connectivity index (χ0n) is 13.0. The van der Waals surface area contributed by atoms with Crippen molar-refractivity contribution in [2.75, 3.05) is 25.1 Å². The molecule has 0 radical (unpaired) electrons. The summed E-state index contributed by atoms with van der Waals surface area (Å²) in [6.07, 6.45) is 2.34. The van der Waals surface area contributed by atoms with Crippen LogP contribution in [0.4, 0.5) is 0 Å². The van der Waals surface area contributed by atoms with E-state index < -0.39 is 9.84 Å². The fraction of sp³-hybridized carbons (Fsp3) is 0.500. The van der Waals surface area contributed by atoms with E-state index >= 15 is 0 Å². The zero-order chi connectivity index (χ0) is 17.0. The summed E-state index contributed by atoms with van der Waals surface area (Å²) in [7, 11) is -3.13. The Morgan fingerprint density at radius 1 is 1.17 bits per heavy atom. The smallest absolute Gasteiger partial charge is 0.223 e. The molecule has 0 aliphatic carbocycles. The maximum Gasteiger partial charge on any atom is 0.223 e. The molecule has 0 atom stereocenters. The highest BCUT2D eigenvalue weighted by molar-refractivity contribution is 7.90. The number of nitrogens with zero attached hydrogens (tertiary/aromatic N) is 1. The van der Waals surface area contributed by atoms with Gasteiger partial charge in [0.2, 0.25) is 5.91 Å². The monoisotopic (exact) mass is 357 g/mol. The predicted molar refractivity (Wildman–Crippen MR) is 89.4 cm³/mol. The second-order valence-corrected chi connectivity index (χ2v) is 8.60. The van der Waals surface area contributed by atoms with Crippen molar-refractivity contribution in [3.8, 4) is 0 Å². The molecule has 0 aromatic heterocycles. The Hall–Kier alpha value is -1.40. The van der Waals surface area contributed by atoms with Crippen molar-refractivity contribution < 1.29 is 18.0 Å². The van der Waals surface area contributed by atoms with Gasteiger partial charge in [0.1, 0.15) is 9.84 Å². The third kappa shape index (κ3) is 5.32. The van der Waals surface area contributed by atoms with Gasteiger partial charge < -0.3 is 4.90 Å². The van der Waals surface area contributed by atoms with Gasteiger partial charge in [-0.1, -0.05) is 11.6 Å². The highest BCUT2D eigenvalue weighted by Crippen LogP contribution is 2.23. The number of benzene rings is 1. The van der Waals surface area contributed by atoms with Crippen molar-refractivity contribution in [3.05, 3.63) is 34.9 Å². The first kappa shape index (κ1) is 17.9. The fourth-order valence-corrected chi connectivity index (χ4v) is 3.34. The molecule has 126 valence electrons. The Kier molecular flexibility index (Phi) is 5.81. The number of piperidine rings is 1. The molecule has 0 N–H and O–H groups in total. The number of Topliss-reactive ketones (excluding diaryl/α,β-unsaturated/α-hetero) is 1. The van der Waals surface area contributed by atoms with E-state index in [1.165, 1.54) is 0 Å². The molecule has 1 heterocycles. The van der Waals surface area contributed by atoms with Crippen LogP contribution in [0.15, 0.2) is 24.3 Å². The van der Waals surface area contributed by atoms with Crippen molar-refractivity contribution >= 4 is 33.1 Å². The average Bonchev–Trinajstić information content (AvgIpc) is 2.52. The largest absolute Gasteiger partial charge is 0.343 e. The number of rotatable bonds is 5. The summed E-state index contributed by atoms with van der Waals surface area (Å²) in [5, 5.41) is 0.591. The number of amides is 1. The number of halogens is 1. The molecule has 1 fully saturated rings. The van der Waals surface area contributed by atoms with Crippen LogP contribution >= 0.6 is 11.6 Å². The maximum absolute atomic E-state index is 12.4. The van der Waals surface area contributed by atoms with Crippen molar-refractivity contribution in [2.45, 2.75) is 19.3 Å². The first-order valence-electron chi connectivity index (χ1n) is 7.51. The minimum Gasteiger partial charge on any atom is -0.343 e. The molecule has 1 aromatic rings. The molecule has 2 rings (SSSR count). The molecule has 0 unspecified atom stereocenters. The lowest BCUT2D eigenvalue weighted by Crippen LogP contribution is -2.40. The molecule has 5 nitrogen and oxygen atoms in total. The van der Waals surface area contributed by atoms with E-state index in [2.05, 4.69) is 0 Å². The first-order valence-corrected chi connectivity index (χ1v) is 9.95. The highest BCUT2D eigenvalue weighted by Gasteiger charge is 2.28. The molecule has 1 aromatic carbocycles. The predicted octanol–water partition coefficient (Wildman–Crippen LogP) is 2.20. The molecule has 1 saturated heterocycles. The number of hydrogen-bond acceptors (Lipinski definition) is 4. The van der Waals surface area contributed by atoms with E-state index in [4.69, 9.17) is 11.6 Å². The molecular weight excluding hydrogens is 338 g/mol. The molecule has 7 heteroatoms. The Morgan fingerprint density at radius 2 is 1.74 bits per heavy atom. The SMILES string of the molecule is CS(=O)(=O)CCC(=O)N1CCC(C(=O)c2ccc(Cl)cc2)CC1. The molecule has 1 amide bonds. The summed E-state index contributed by atoms with van der Waals surface area (Å²) in [5.41, 5.74) is 0.635. The Labute approximate surface area is 141 Å². The normalized spacial score (nSPS) is 16.3. The summed E-state index contributed by atoms with van der Waals surface area (Å²) in [4.78, 5) is 26.1. The van der Waals surface area contributed by atoms with E-state index in [-0.39, 0.29) is 29.8 Å². The zero-order valence-corrected chi connectivity index (χ0v) is 14.6. The number of likely N-dealkylation sites (tertiary alicyclic amines) is 1. The fourth-order valence-electron chi connectivity index (χ4n) is 2.67.